The fourth-order valence-electron chi connectivity index (χ4n) is 2.31. The predicted octanol–water partition coefficient (Wildman–Crippen LogP) is 0.594. The van der Waals surface area contributed by atoms with E-state index in [2.05, 4.69) is 15.5 Å². The van der Waals surface area contributed by atoms with Gasteiger partial charge in [0, 0.05) is 6.20 Å². The van der Waals surface area contributed by atoms with Crippen molar-refractivity contribution in [2.24, 2.45) is 11.8 Å². The molecule has 2 atom stereocenters. The fourth-order valence-corrected chi connectivity index (χ4v) is 2.31. The Morgan fingerprint density at radius 1 is 1.39 bits per heavy atom. The highest BCUT2D eigenvalue weighted by Crippen LogP contribution is 2.31. The summed E-state index contributed by atoms with van der Waals surface area (Å²) in [7, 11) is 0. The van der Waals surface area contributed by atoms with Crippen molar-refractivity contribution in [1.82, 2.24) is 15.5 Å². The third-order valence-electron chi connectivity index (χ3n) is 3.24. The van der Waals surface area contributed by atoms with E-state index < -0.39 is 17.8 Å². The number of carboxylic acids is 1. The Bertz CT molecular complexity index is 435. The summed E-state index contributed by atoms with van der Waals surface area (Å²) in [5.74, 6) is -2.05. The molecular weight excluding hydrogens is 234 g/mol. The van der Waals surface area contributed by atoms with E-state index >= 15 is 0 Å². The molecule has 2 N–H and O–H groups in total. The highest BCUT2D eigenvalue weighted by molar-refractivity contribution is 5.85. The number of aromatic nitrogens is 2. The molecule has 6 nitrogen and oxygen atoms in total. The van der Waals surface area contributed by atoms with E-state index in [9.17, 15) is 9.59 Å². The number of nitrogens with one attached hydrogen (secondary N) is 1. The molecule has 0 aromatic carbocycles. The van der Waals surface area contributed by atoms with Crippen molar-refractivity contribution < 1.29 is 14.7 Å². The van der Waals surface area contributed by atoms with Gasteiger partial charge in [-0.1, -0.05) is 6.42 Å². The van der Waals surface area contributed by atoms with E-state index in [4.69, 9.17) is 5.11 Å². The first-order chi connectivity index (χ1) is 8.68. The lowest BCUT2D eigenvalue weighted by molar-refractivity contribution is -0.146. The Hall–Kier alpha value is -1.98. The van der Waals surface area contributed by atoms with Crippen LogP contribution in [-0.2, 0) is 16.1 Å². The largest absolute Gasteiger partial charge is 0.481 e. The molecule has 0 unspecified atom stereocenters. The highest BCUT2D eigenvalue weighted by atomic mass is 16.4. The van der Waals surface area contributed by atoms with Gasteiger partial charge >= 0.3 is 5.97 Å². The predicted molar refractivity (Wildman–Crippen MR) is 62.3 cm³/mol. The molecule has 96 valence electrons. The number of rotatable bonds is 4. The minimum absolute atomic E-state index is 0.203. The van der Waals surface area contributed by atoms with Crippen LogP contribution in [0.15, 0.2) is 18.3 Å². The lowest BCUT2D eigenvalue weighted by atomic mass is 9.95. The van der Waals surface area contributed by atoms with Crippen LogP contribution in [0.3, 0.4) is 0 Å². The van der Waals surface area contributed by atoms with Crippen LogP contribution in [0.2, 0.25) is 0 Å². The number of carbonyl (C=O) groups is 2. The molecule has 18 heavy (non-hydrogen) atoms. The number of aliphatic carboxylic acids is 1. The van der Waals surface area contributed by atoms with E-state index in [1.54, 1.807) is 18.3 Å². The summed E-state index contributed by atoms with van der Waals surface area (Å²) in [5, 5.41) is 19.3. The number of carboxylic acid groups (broad SMARTS) is 1. The van der Waals surface area contributed by atoms with Crippen LogP contribution >= 0.6 is 0 Å². The summed E-state index contributed by atoms with van der Waals surface area (Å²) in [6.07, 6.45) is 3.57. The van der Waals surface area contributed by atoms with Gasteiger partial charge in [0.15, 0.2) is 0 Å². The van der Waals surface area contributed by atoms with E-state index in [0.717, 1.165) is 6.42 Å². The van der Waals surface area contributed by atoms with Crippen molar-refractivity contribution in [2.45, 2.75) is 25.8 Å². The first-order valence-electron chi connectivity index (χ1n) is 5.95. The number of nitrogens with zero attached hydrogens (tertiary/aromatic N) is 2. The molecule has 1 saturated carbocycles. The molecular formula is C12H15N3O3. The van der Waals surface area contributed by atoms with Gasteiger partial charge in [-0.15, -0.1) is 0 Å². The third-order valence-corrected chi connectivity index (χ3v) is 3.24. The number of carbonyl (C=O) groups excluding carboxylic acids is 1. The number of amides is 1. The van der Waals surface area contributed by atoms with E-state index in [1.807, 2.05) is 0 Å². The summed E-state index contributed by atoms with van der Waals surface area (Å²) in [6, 6.07) is 3.50. The normalized spacial score (nSPS) is 22.7. The van der Waals surface area contributed by atoms with Gasteiger partial charge in [-0.05, 0) is 25.0 Å². The SMILES string of the molecule is O=C(O)[C@H]1CCC[C@H]1C(=O)NCc1cccnn1. The van der Waals surface area contributed by atoms with Gasteiger partial charge in [-0.2, -0.15) is 10.2 Å². The average molecular weight is 249 g/mol. The van der Waals surface area contributed by atoms with Crippen LogP contribution in [0.4, 0.5) is 0 Å². The number of hydrogen-bond donors (Lipinski definition) is 2. The molecule has 0 radical (unpaired) electrons. The zero-order valence-electron chi connectivity index (χ0n) is 9.87. The molecule has 0 bridgehead atoms. The molecule has 1 aromatic rings. The summed E-state index contributed by atoms with van der Waals surface area (Å²) in [5.41, 5.74) is 0.663. The molecule has 1 fully saturated rings. The average Bonchev–Trinajstić information content (AvgIpc) is 2.86. The first kappa shape index (κ1) is 12.5. The summed E-state index contributed by atoms with van der Waals surface area (Å²) in [4.78, 5) is 22.9. The summed E-state index contributed by atoms with van der Waals surface area (Å²) in [6.45, 7) is 0.287. The zero-order chi connectivity index (χ0) is 13.0. The van der Waals surface area contributed by atoms with Crippen LogP contribution in [0.25, 0.3) is 0 Å². The van der Waals surface area contributed by atoms with Gasteiger partial charge in [0.2, 0.25) is 5.91 Å². The Morgan fingerprint density at radius 2 is 2.17 bits per heavy atom. The van der Waals surface area contributed by atoms with Crippen molar-refractivity contribution in [1.29, 1.82) is 0 Å². The van der Waals surface area contributed by atoms with E-state index in [0.29, 0.717) is 18.5 Å². The van der Waals surface area contributed by atoms with Crippen molar-refractivity contribution in [3.63, 3.8) is 0 Å². The topological polar surface area (TPSA) is 92.2 Å². The summed E-state index contributed by atoms with van der Waals surface area (Å²) < 4.78 is 0. The van der Waals surface area contributed by atoms with E-state index in [1.165, 1.54) is 0 Å². The van der Waals surface area contributed by atoms with E-state index in [-0.39, 0.29) is 12.5 Å². The maximum absolute atomic E-state index is 11.9. The number of hydrogen-bond acceptors (Lipinski definition) is 4. The van der Waals surface area contributed by atoms with Crippen LogP contribution in [0.5, 0.6) is 0 Å². The second kappa shape index (κ2) is 5.57. The van der Waals surface area contributed by atoms with Gasteiger partial charge in [0.25, 0.3) is 0 Å². The van der Waals surface area contributed by atoms with Crippen LogP contribution in [-0.4, -0.2) is 27.2 Å². The van der Waals surface area contributed by atoms with Gasteiger partial charge in [0.05, 0.1) is 24.1 Å². The molecule has 0 aliphatic heterocycles. The smallest absolute Gasteiger partial charge is 0.307 e. The minimum atomic E-state index is -0.882. The maximum Gasteiger partial charge on any atom is 0.307 e. The van der Waals surface area contributed by atoms with Gasteiger partial charge in [-0.3, -0.25) is 9.59 Å². The molecule has 1 amide bonds. The quantitative estimate of drug-likeness (QED) is 0.815. The first-order valence-corrected chi connectivity index (χ1v) is 5.95. The molecule has 1 aliphatic carbocycles. The molecule has 1 heterocycles. The fraction of sp³-hybridized carbons (Fsp3) is 0.500. The monoisotopic (exact) mass is 249 g/mol. The van der Waals surface area contributed by atoms with Crippen LogP contribution in [0, 0.1) is 11.8 Å². The Labute approximate surface area is 104 Å². The molecule has 0 saturated heterocycles. The summed E-state index contributed by atoms with van der Waals surface area (Å²) >= 11 is 0. The van der Waals surface area contributed by atoms with Crippen LogP contribution < -0.4 is 5.32 Å². The Morgan fingerprint density at radius 3 is 2.83 bits per heavy atom. The molecule has 6 heteroatoms. The van der Waals surface area contributed by atoms with Crippen molar-refractivity contribution in [3.8, 4) is 0 Å². The molecule has 0 spiro atoms. The second-order valence-corrected chi connectivity index (χ2v) is 4.41. The third kappa shape index (κ3) is 2.82. The van der Waals surface area contributed by atoms with Crippen LogP contribution in [0.1, 0.15) is 25.0 Å². The molecule has 2 rings (SSSR count). The Kier molecular flexibility index (Phi) is 3.86. The molecule has 1 aliphatic rings. The van der Waals surface area contributed by atoms with Gasteiger partial charge in [0.1, 0.15) is 0 Å². The van der Waals surface area contributed by atoms with Gasteiger partial charge < -0.3 is 10.4 Å². The lowest BCUT2D eigenvalue weighted by Crippen LogP contribution is -2.35. The minimum Gasteiger partial charge on any atom is -0.481 e. The standard InChI is InChI=1S/C12H15N3O3/c16-11(9-4-1-5-10(9)12(17)18)13-7-8-3-2-6-14-15-8/h2-3,6,9-10H,1,4-5,7H2,(H,13,16)(H,17,18)/t9-,10+/m1/s1. The Balaban J connectivity index is 1.90. The maximum atomic E-state index is 11.9. The molecule has 1 aromatic heterocycles. The van der Waals surface area contributed by atoms with Crippen molar-refractivity contribution in [3.05, 3.63) is 24.0 Å². The lowest BCUT2D eigenvalue weighted by Gasteiger charge is -2.15. The highest BCUT2D eigenvalue weighted by Gasteiger charge is 2.37. The van der Waals surface area contributed by atoms with Crippen molar-refractivity contribution in [2.75, 3.05) is 0 Å². The van der Waals surface area contributed by atoms with Gasteiger partial charge in [-0.25, -0.2) is 0 Å². The second-order valence-electron chi connectivity index (χ2n) is 4.41. The zero-order valence-corrected chi connectivity index (χ0v) is 9.87. The van der Waals surface area contributed by atoms with Crippen molar-refractivity contribution >= 4 is 11.9 Å².